The summed E-state index contributed by atoms with van der Waals surface area (Å²) in [5.74, 6) is -0.673. The molecule has 0 aliphatic carbocycles. The van der Waals surface area contributed by atoms with Crippen molar-refractivity contribution in [2.24, 2.45) is 0 Å². The van der Waals surface area contributed by atoms with Crippen LogP contribution in [0.2, 0.25) is 0 Å². The minimum Gasteiger partial charge on any atom is -0.463 e. The molecule has 1 N–H and O–H groups in total. The Morgan fingerprint density at radius 1 is 0.500 bits per heavy atom. The summed E-state index contributed by atoms with van der Waals surface area (Å²) in [5, 5.41) is 9.94. The van der Waals surface area contributed by atoms with Gasteiger partial charge >= 0.3 is 11.9 Å². The second-order valence-electron chi connectivity index (χ2n) is 10.9. The SMILES string of the molecule is CCCCC/C=C\C/C=C\C/C=C\C/C=C\CCCC(=O)OC[C@H](O)COC(=O)CCC/C=C\CCCCCCCC. The van der Waals surface area contributed by atoms with Crippen LogP contribution in [-0.4, -0.2) is 36.4 Å². The van der Waals surface area contributed by atoms with Gasteiger partial charge in [0.05, 0.1) is 0 Å². The molecule has 0 saturated carbocycles. The molecule has 0 aliphatic heterocycles. The molecule has 5 nitrogen and oxygen atoms in total. The standard InChI is InChI=1S/C37H62O5/c1-3-5-7-9-11-13-15-16-17-18-19-20-22-24-26-28-30-32-37(40)42-34-35(38)33-41-36(39)31-29-27-25-23-21-14-12-10-8-6-4-2/h11,13,16-17,19-20,23-26,35,38H,3-10,12,14-15,18,21-22,27-34H2,1-2H3/b13-11-,17-16-,20-19-,25-23-,26-24-/t35-/m1/s1. The van der Waals surface area contributed by atoms with Gasteiger partial charge in [-0.05, 0) is 70.6 Å². The molecule has 0 bridgehead atoms. The van der Waals surface area contributed by atoms with Crippen LogP contribution >= 0.6 is 0 Å². The van der Waals surface area contributed by atoms with E-state index >= 15 is 0 Å². The first-order valence-corrected chi connectivity index (χ1v) is 16.8. The number of hydrogen-bond acceptors (Lipinski definition) is 5. The van der Waals surface area contributed by atoms with Crippen molar-refractivity contribution in [3.8, 4) is 0 Å². The zero-order valence-electron chi connectivity index (χ0n) is 27.0. The topological polar surface area (TPSA) is 72.8 Å². The second kappa shape index (κ2) is 33.1. The van der Waals surface area contributed by atoms with Crippen LogP contribution in [0, 0.1) is 0 Å². The third-order valence-corrected chi connectivity index (χ3v) is 6.73. The molecule has 0 aromatic heterocycles. The van der Waals surface area contributed by atoms with Gasteiger partial charge in [0.25, 0.3) is 0 Å². The van der Waals surface area contributed by atoms with Crippen LogP contribution in [0.25, 0.3) is 0 Å². The van der Waals surface area contributed by atoms with Crippen LogP contribution < -0.4 is 0 Å². The summed E-state index contributed by atoms with van der Waals surface area (Å²) in [4.78, 5) is 23.7. The summed E-state index contributed by atoms with van der Waals surface area (Å²) < 4.78 is 10.2. The lowest BCUT2D eigenvalue weighted by Crippen LogP contribution is -2.25. The Labute approximate surface area is 258 Å². The highest BCUT2D eigenvalue weighted by atomic mass is 16.6. The maximum atomic E-state index is 11.9. The molecule has 0 amide bonds. The number of unbranched alkanes of at least 4 members (excludes halogenated alkanes) is 11. The van der Waals surface area contributed by atoms with Gasteiger partial charge in [0.2, 0.25) is 0 Å². The van der Waals surface area contributed by atoms with E-state index in [1.165, 1.54) is 64.2 Å². The molecule has 42 heavy (non-hydrogen) atoms. The highest BCUT2D eigenvalue weighted by Crippen LogP contribution is 2.08. The summed E-state index contributed by atoms with van der Waals surface area (Å²) in [6.07, 6.45) is 41.3. The monoisotopic (exact) mass is 586 g/mol. The fourth-order valence-electron chi connectivity index (χ4n) is 4.14. The highest BCUT2D eigenvalue weighted by molar-refractivity contribution is 5.69. The van der Waals surface area contributed by atoms with Crippen LogP contribution in [0.5, 0.6) is 0 Å². The summed E-state index contributed by atoms with van der Waals surface area (Å²) in [5.41, 5.74) is 0. The summed E-state index contributed by atoms with van der Waals surface area (Å²) in [6.45, 7) is 4.16. The van der Waals surface area contributed by atoms with Crippen LogP contribution in [-0.2, 0) is 19.1 Å². The molecule has 5 heteroatoms. The molecular formula is C37H62O5. The first kappa shape index (κ1) is 39.6. The summed E-state index contributed by atoms with van der Waals surface area (Å²) >= 11 is 0. The Hall–Kier alpha value is -2.40. The number of rotatable bonds is 29. The lowest BCUT2D eigenvalue weighted by molar-refractivity contribution is -0.152. The predicted octanol–water partition coefficient (Wildman–Crippen LogP) is 10.1. The maximum Gasteiger partial charge on any atom is 0.305 e. The average Bonchev–Trinajstić information content (AvgIpc) is 2.99. The highest BCUT2D eigenvalue weighted by Gasteiger charge is 2.11. The lowest BCUT2D eigenvalue weighted by atomic mass is 10.1. The molecule has 0 rings (SSSR count). The smallest absolute Gasteiger partial charge is 0.305 e. The van der Waals surface area contributed by atoms with Crippen LogP contribution in [0.3, 0.4) is 0 Å². The van der Waals surface area contributed by atoms with E-state index < -0.39 is 6.10 Å². The molecule has 0 aromatic rings. The average molecular weight is 587 g/mol. The van der Waals surface area contributed by atoms with E-state index in [0.29, 0.717) is 19.3 Å². The Morgan fingerprint density at radius 2 is 0.833 bits per heavy atom. The van der Waals surface area contributed by atoms with Crippen molar-refractivity contribution in [2.75, 3.05) is 13.2 Å². The molecule has 1 atom stereocenters. The maximum absolute atomic E-state index is 11.9. The van der Waals surface area contributed by atoms with Gasteiger partial charge < -0.3 is 14.6 Å². The third kappa shape index (κ3) is 32.1. The van der Waals surface area contributed by atoms with Crippen molar-refractivity contribution in [3.05, 3.63) is 60.8 Å². The van der Waals surface area contributed by atoms with Gasteiger partial charge in [-0.25, -0.2) is 0 Å². The molecule has 0 aliphatic rings. The van der Waals surface area contributed by atoms with Gasteiger partial charge in [-0.15, -0.1) is 0 Å². The second-order valence-corrected chi connectivity index (χ2v) is 10.9. The van der Waals surface area contributed by atoms with E-state index in [2.05, 4.69) is 74.6 Å². The largest absolute Gasteiger partial charge is 0.463 e. The molecule has 240 valence electrons. The Bertz CT molecular complexity index is 762. The number of hydrogen-bond donors (Lipinski definition) is 1. The van der Waals surface area contributed by atoms with Crippen molar-refractivity contribution in [1.82, 2.24) is 0 Å². The number of aliphatic hydroxyl groups excluding tert-OH is 1. The number of aliphatic hydroxyl groups is 1. The minimum absolute atomic E-state index is 0.151. The van der Waals surface area contributed by atoms with Crippen molar-refractivity contribution in [1.29, 1.82) is 0 Å². The number of esters is 2. The quantitative estimate of drug-likeness (QED) is 0.0536. The van der Waals surface area contributed by atoms with E-state index in [1.807, 2.05) is 0 Å². The van der Waals surface area contributed by atoms with E-state index in [9.17, 15) is 14.7 Å². The first-order chi connectivity index (χ1) is 20.6. The van der Waals surface area contributed by atoms with Crippen molar-refractivity contribution < 1.29 is 24.2 Å². The molecule has 0 heterocycles. The number of carbonyl (C=O) groups excluding carboxylic acids is 2. The zero-order valence-corrected chi connectivity index (χ0v) is 27.0. The number of carbonyl (C=O) groups is 2. The molecule has 0 fully saturated rings. The minimum atomic E-state index is -0.997. The van der Waals surface area contributed by atoms with Gasteiger partial charge in [0.1, 0.15) is 19.3 Å². The van der Waals surface area contributed by atoms with Crippen LogP contribution in [0.4, 0.5) is 0 Å². The van der Waals surface area contributed by atoms with Gasteiger partial charge in [-0.1, -0.05) is 120 Å². The van der Waals surface area contributed by atoms with Crippen molar-refractivity contribution in [2.45, 2.75) is 148 Å². The fraction of sp³-hybridized carbons (Fsp3) is 0.676. The van der Waals surface area contributed by atoms with Gasteiger partial charge in [-0.3, -0.25) is 9.59 Å². The van der Waals surface area contributed by atoms with Crippen LogP contribution in [0.1, 0.15) is 142 Å². The summed E-state index contributed by atoms with van der Waals surface area (Å²) in [7, 11) is 0. The molecule has 0 radical (unpaired) electrons. The number of allylic oxidation sites excluding steroid dienone is 10. The van der Waals surface area contributed by atoms with Gasteiger partial charge in [0.15, 0.2) is 0 Å². The Morgan fingerprint density at radius 3 is 1.31 bits per heavy atom. The van der Waals surface area contributed by atoms with E-state index in [4.69, 9.17) is 9.47 Å². The first-order valence-electron chi connectivity index (χ1n) is 16.8. The molecule has 0 spiro atoms. The predicted molar refractivity (Wildman–Crippen MR) is 177 cm³/mol. The van der Waals surface area contributed by atoms with Gasteiger partial charge in [-0.2, -0.15) is 0 Å². The summed E-state index contributed by atoms with van der Waals surface area (Å²) in [6, 6.07) is 0. The molecular weight excluding hydrogens is 524 g/mol. The van der Waals surface area contributed by atoms with Crippen LogP contribution in [0.15, 0.2) is 60.8 Å². The Balaban J connectivity index is 3.62. The Kier molecular flexibility index (Phi) is 31.2. The van der Waals surface area contributed by atoms with Crippen molar-refractivity contribution in [3.63, 3.8) is 0 Å². The van der Waals surface area contributed by atoms with Crippen molar-refractivity contribution >= 4 is 11.9 Å². The van der Waals surface area contributed by atoms with E-state index in [-0.39, 0.29) is 25.2 Å². The normalized spacial score (nSPS) is 12.9. The van der Waals surface area contributed by atoms with Gasteiger partial charge in [0, 0.05) is 12.8 Å². The molecule has 0 unspecified atom stereocenters. The zero-order chi connectivity index (χ0) is 30.8. The molecule has 0 aromatic carbocycles. The third-order valence-electron chi connectivity index (χ3n) is 6.73. The van der Waals surface area contributed by atoms with E-state index in [0.717, 1.165) is 44.9 Å². The van der Waals surface area contributed by atoms with E-state index in [1.54, 1.807) is 0 Å². The number of ether oxygens (including phenoxy) is 2. The lowest BCUT2D eigenvalue weighted by Gasteiger charge is -2.11. The molecule has 0 saturated heterocycles. The fourth-order valence-corrected chi connectivity index (χ4v) is 4.14.